The summed E-state index contributed by atoms with van der Waals surface area (Å²) in [5.41, 5.74) is 1.66. The summed E-state index contributed by atoms with van der Waals surface area (Å²) in [6, 6.07) is 13.6. The van der Waals surface area contributed by atoms with Crippen molar-refractivity contribution in [3.63, 3.8) is 0 Å². The molecule has 0 heterocycles. The predicted molar refractivity (Wildman–Crippen MR) is 106 cm³/mol. The molecule has 2 rings (SSSR count). The van der Waals surface area contributed by atoms with Gasteiger partial charge in [-0.3, -0.25) is 4.79 Å². The van der Waals surface area contributed by atoms with Crippen molar-refractivity contribution >= 4 is 29.2 Å². The molecule has 0 bridgehead atoms. The third kappa shape index (κ3) is 6.08. The van der Waals surface area contributed by atoms with Gasteiger partial charge in [-0.25, -0.2) is 4.79 Å². The van der Waals surface area contributed by atoms with Crippen LogP contribution in [0.2, 0.25) is 5.02 Å². The minimum absolute atomic E-state index is 0.181. The van der Waals surface area contributed by atoms with Crippen molar-refractivity contribution in [1.82, 2.24) is 10.6 Å². The molecule has 0 fully saturated rings. The summed E-state index contributed by atoms with van der Waals surface area (Å²) < 4.78 is 0. The number of carbonyl (C=O) groups excluding carboxylic acids is 2. The quantitative estimate of drug-likeness (QED) is 0.723. The Hall–Kier alpha value is -2.53. The summed E-state index contributed by atoms with van der Waals surface area (Å²) >= 11 is 5.88. The van der Waals surface area contributed by atoms with Gasteiger partial charge in [-0.05, 0) is 63.6 Å². The molecule has 0 aromatic heterocycles. The van der Waals surface area contributed by atoms with Crippen molar-refractivity contribution in [2.45, 2.75) is 39.3 Å². The number of benzene rings is 2. The van der Waals surface area contributed by atoms with Crippen molar-refractivity contribution in [3.05, 3.63) is 64.7 Å². The van der Waals surface area contributed by atoms with E-state index >= 15 is 0 Å². The van der Waals surface area contributed by atoms with Crippen molar-refractivity contribution in [3.8, 4) is 0 Å². The van der Waals surface area contributed by atoms with Crippen molar-refractivity contribution in [1.29, 1.82) is 0 Å². The van der Waals surface area contributed by atoms with Gasteiger partial charge in [0.1, 0.15) is 0 Å². The van der Waals surface area contributed by atoms with Crippen LogP contribution in [-0.4, -0.2) is 17.5 Å². The number of halogens is 1. The van der Waals surface area contributed by atoms with Crippen LogP contribution in [0.3, 0.4) is 0 Å². The number of anilines is 1. The Morgan fingerprint density at radius 3 is 2.31 bits per heavy atom. The van der Waals surface area contributed by atoms with Gasteiger partial charge in [-0.1, -0.05) is 29.8 Å². The molecule has 0 aliphatic heterocycles. The predicted octanol–water partition coefficient (Wildman–Crippen LogP) is 4.75. The average molecular weight is 374 g/mol. The lowest BCUT2D eigenvalue weighted by atomic mass is 10.1. The minimum Gasteiger partial charge on any atom is -0.347 e. The van der Waals surface area contributed by atoms with Crippen LogP contribution in [0.25, 0.3) is 0 Å². The Kier molecular flexibility index (Phi) is 6.27. The lowest BCUT2D eigenvalue weighted by molar-refractivity contribution is 0.0919. The molecule has 2 aromatic rings. The first-order chi connectivity index (χ1) is 12.1. The normalized spacial score (nSPS) is 12.2. The van der Waals surface area contributed by atoms with Gasteiger partial charge in [0.15, 0.2) is 0 Å². The molecule has 3 amide bonds. The number of amides is 3. The topological polar surface area (TPSA) is 70.2 Å². The maximum atomic E-state index is 12.2. The lowest BCUT2D eigenvalue weighted by Gasteiger charge is -2.20. The van der Waals surface area contributed by atoms with E-state index in [-0.39, 0.29) is 23.5 Å². The van der Waals surface area contributed by atoms with E-state index in [4.69, 9.17) is 11.6 Å². The summed E-state index contributed by atoms with van der Waals surface area (Å²) in [5, 5.41) is 9.16. The summed E-state index contributed by atoms with van der Waals surface area (Å²) in [5.74, 6) is -0.184. The fourth-order valence-electron chi connectivity index (χ4n) is 2.35. The van der Waals surface area contributed by atoms with E-state index in [0.717, 1.165) is 5.56 Å². The number of hydrogen-bond donors (Lipinski definition) is 3. The molecule has 1 unspecified atom stereocenters. The van der Waals surface area contributed by atoms with Crippen molar-refractivity contribution in [2.24, 2.45) is 0 Å². The van der Waals surface area contributed by atoms with Gasteiger partial charge < -0.3 is 16.0 Å². The van der Waals surface area contributed by atoms with Crippen LogP contribution in [0.15, 0.2) is 48.5 Å². The monoisotopic (exact) mass is 373 g/mol. The molecule has 2 aromatic carbocycles. The Morgan fingerprint density at radius 1 is 1.04 bits per heavy atom. The number of nitrogens with one attached hydrogen (secondary N) is 3. The smallest absolute Gasteiger partial charge is 0.319 e. The molecule has 0 spiro atoms. The molecular formula is C20H24ClN3O2. The van der Waals surface area contributed by atoms with Crippen molar-refractivity contribution < 1.29 is 9.59 Å². The first-order valence-electron chi connectivity index (χ1n) is 8.39. The van der Waals surface area contributed by atoms with E-state index in [1.54, 1.807) is 36.4 Å². The third-order valence-corrected chi connectivity index (χ3v) is 3.84. The van der Waals surface area contributed by atoms with Crippen molar-refractivity contribution in [2.75, 3.05) is 5.32 Å². The second-order valence-corrected chi connectivity index (χ2v) is 7.59. The molecule has 0 aliphatic carbocycles. The number of urea groups is 1. The SMILES string of the molecule is CC(NC(=O)Nc1cccc(C(=O)NC(C)(C)C)c1)c1ccc(Cl)cc1. The zero-order valence-corrected chi connectivity index (χ0v) is 16.1. The molecule has 0 saturated heterocycles. The van der Waals surface area contributed by atoms with Crippen LogP contribution in [0, 0.1) is 0 Å². The summed E-state index contributed by atoms with van der Waals surface area (Å²) in [6.07, 6.45) is 0. The molecule has 0 saturated carbocycles. The lowest BCUT2D eigenvalue weighted by Crippen LogP contribution is -2.40. The van der Waals surface area contributed by atoms with Crippen LogP contribution in [0.4, 0.5) is 10.5 Å². The highest BCUT2D eigenvalue weighted by Crippen LogP contribution is 2.17. The second kappa shape index (κ2) is 8.23. The first-order valence-corrected chi connectivity index (χ1v) is 8.77. The number of rotatable bonds is 4. The van der Waals surface area contributed by atoms with Gasteiger partial charge in [0, 0.05) is 21.8 Å². The average Bonchev–Trinajstić information content (AvgIpc) is 2.54. The van der Waals surface area contributed by atoms with Crippen LogP contribution >= 0.6 is 11.6 Å². The van der Waals surface area contributed by atoms with E-state index in [0.29, 0.717) is 16.3 Å². The van der Waals surface area contributed by atoms with E-state index in [1.165, 1.54) is 0 Å². The van der Waals surface area contributed by atoms with Gasteiger partial charge in [0.05, 0.1) is 6.04 Å². The second-order valence-electron chi connectivity index (χ2n) is 7.16. The maximum absolute atomic E-state index is 12.2. The summed E-state index contributed by atoms with van der Waals surface area (Å²) in [4.78, 5) is 24.5. The highest BCUT2D eigenvalue weighted by atomic mass is 35.5. The summed E-state index contributed by atoms with van der Waals surface area (Å²) in [6.45, 7) is 7.63. The Balaban J connectivity index is 1.99. The van der Waals surface area contributed by atoms with Crippen LogP contribution in [0.1, 0.15) is 49.7 Å². The number of hydrogen-bond acceptors (Lipinski definition) is 2. The van der Waals surface area contributed by atoms with E-state index < -0.39 is 0 Å². The van der Waals surface area contributed by atoms with E-state index in [9.17, 15) is 9.59 Å². The Labute approximate surface area is 159 Å². The summed E-state index contributed by atoms with van der Waals surface area (Å²) in [7, 11) is 0. The maximum Gasteiger partial charge on any atom is 0.319 e. The van der Waals surface area contributed by atoms with Crippen LogP contribution in [0.5, 0.6) is 0 Å². The van der Waals surface area contributed by atoms with E-state index in [1.807, 2.05) is 39.8 Å². The molecule has 1 atom stereocenters. The molecule has 26 heavy (non-hydrogen) atoms. The molecule has 0 radical (unpaired) electrons. The number of carbonyl (C=O) groups is 2. The third-order valence-electron chi connectivity index (χ3n) is 3.59. The molecular weight excluding hydrogens is 350 g/mol. The van der Waals surface area contributed by atoms with Gasteiger partial charge in [-0.2, -0.15) is 0 Å². The molecule has 5 nitrogen and oxygen atoms in total. The molecule has 0 aliphatic rings. The highest BCUT2D eigenvalue weighted by Gasteiger charge is 2.16. The van der Waals surface area contributed by atoms with E-state index in [2.05, 4.69) is 16.0 Å². The zero-order chi connectivity index (χ0) is 19.3. The van der Waals surface area contributed by atoms with Gasteiger partial charge in [-0.15, -0.1) is 0 Å². The molecule has 138 valence electrons. The molecule has 6 heteroatoms. The first kappa shape index (κ1) is 19.8. The minimum atomic E-state index is -0.346. The molecule has 3 N–H and O–H groups in total. The fourth-order valence-corrected chi connectivity index (χ4v) is 2.48. The Morgan fingerprint density at radius 2 is 1.69 bits per heavy atom. The zero-order valence-electron chi connectivity index (χ0n) is 15.4. The fraction of sp³-hybridized carbons (Fsp3) is 0.300. The Bertz CT molecular complexity index is 782. The van der Waals surface area contributed by atoms with Gasteiger partial charge in [0.2, 0.25) is 0 Å². The van der Waals surface area contributed by atoms with Gasteiger partial charge >= 0.3 is 6.03 Å². The van der Waals surface area contributed by atoms with Crippen LogP contribution in [-0.2, 0) is 0 Å². The highest BCUT2D eigenvalue weighted by molar-refractivity contribution is 6.30. The standard InChI is InChI=1S/C20H24ClN3O2/c1-13(14-8-10-16(21)11-9-14)22-19(26)23-17-7-5-6-15(12-17)18(25)24-20(2,3)4/h5-13H,1-4H3,(H,24,25)(H2,22,23,26). The largest absolute Gasteiger partial charge is 0.347 e. The van der Waals surface area contributed by atoms with Gasteiger partial charge in [0.25, 0.3) is 5.91 Å². The van der Waals surface area contributed by atoms with Crippen LogP contribution < -0.4 is 16.0 Å².